The highest BCUT2D eigenvalue weighted by Gasteiger charge is 2.66. The number of rotatable bonds is 12. The molecule has 15 heteroatoms. The average Bonchev–Trinajstić information content (AvgIpc) is 1.36. The predicted octanol–water partition coefficient (Wildman–Crippen LogP) is 16.5. The van der Waals surface area contributed by atoms with E-state index in [0.29, 0.717) is 84.0 Å². The number of carboxylic acid groups (broad SMARTS) is 1. The number of carbonyl (C=O) groups excluding carboxylic acids is 2. The van der Waals surface area contributed by atoms with Crippen LogP contribution in [0.25, 0.3) is 44.1 Å². The van der Waals surface area contributed by atoms with Gasteiger partial charge in [-0.15, -0.1) is 0 Å². The first kappa shape index (κ1) is 75.7. The number of ketones is 1. The quantitative estimate of drug-likeness (QED) is 0.0982. The zero-order valence-corrected chi connectivity index (χ0v) is 66.4. The first-order valence-corrected chi connectivity index (χ1v) is 41.5. The summed E-state index contributed by atoms with van der Waals surface area (Å²) in [5.74, 6) is 13.6. The van der Waals surface area contributed by atoms with Crippen molar-refractivity contribution in [1.82, 2.24) is 0 Å². The number of nitrogens with zero attached hydrogens (tertiary/aromatic N) is 2. The third kappa shape index (κ3) is 13.4. The first-order valence-electron chi connectivity index (χ1n) is 41.5. The number of aliphatic hydroxyl groups is 3. The van der Waals surface area contributed by atoms with Crippen molar-refractivity contribution < 1.29 is 72.3 Å². The van der Waals surface area contributed by atoms with E-state index in [4.69, 9.17) is 33.2 Å². The number of Topliss-reactive ketones (excluding diaryl/α,β-unsaturated/α-hetero) is 1. The molecule has 4 aromatic carbocycles. The van der Waals surface area contributed by atoms with Crippen molar-refractivity contribution in [3.63, 3.8) is 0 Å². The third-order valence-electron chi connectivity index (χ3n) is 31.8. The molecule has 0 saturated heterocycles. The highest BCUT2D eigenvalue weighted by atomic mass is 16.7. The maximum atomic E-state index is 11.8. The fourth-order valence-corrected chi connectivity index (χ4v) is 26.1. The lowest BCUT2D eigenvalue weighted by Crippen LogP contribution is -2.62. The molecule has 15 nitrogen and oxygen atoms in total. The highest BCUT2D eigenvalue weighted by Crippen LogP contribution is 2.71. The molecule has 12 aliphatic rings. The number of hydrogen-bond acceptors (Lipinski definition) is 13. The number of fused-ring (bicyclic) bond motifs is 20. The topological polar surface area (TPSA) is 190 Å². The van der Waals surface area contributed by atoms with Crippen LogP contribution in [0.2, 0.25) is 0 Å². The van der Waals surface area contributed by atoms with E-state index in [2.05, 4.69) is 138 Å². The molecule has 18 rings (SSSR count). The molecule has 107 heavy (non-hydrogen) atoms. The van der Waals surface area contributed by atoms with Crippen molar-refractivity contribution >= 4 is 33.3 Å². The molecule has 578 valence electrons. The van der Waals surface area contributed by atoms with Gasteiger partial charge in [0, 0.05) is 36.9 Å². The lowest BCUT2D eigenvalue weighted by Gasteiger charge is -2.64. The Bertz CT molecular complexity index is 4320. The number of carboxylic acids is 1. The fraction of sp³-hybridized carbons (Fsp3) is 0.652. The number of pyridine rings is 2. The summed E-state index contributed by atoms with van der Waals surface area (Å²) in [6.07, 6.45) is 28.1. The molecule has 8 saturated carbocycles. The Balaban J connectivity index is 0.000000114. The van der Waals surface area contributed by atoms with Gasteiger partial charge in [-0.1, -0.05) is 73.9 Å². The van der Waals surface area contributed by atoms with E-state index in [0.717, 1.165) is 162 Å². The Hall–Kier alpha value is -6.68. The Morgan fingerprint density at radius 1 is 0.579 bits per heavy atom. The minimum atomic E-state index is -0.933. The molecule has 8 fully saturated rings. The normalized spacial score (nSPS) is 34.1. The largest absolute Gasteiger partial charge is 0.550 e. The van der Waals surface area contributed by atoms with Gasteiger partial charge in [0.05, 0.1) is 61.5 Å². The zero-order valence-electron chi connectivity index (χ0n) is 66.4. The predicted molar refractivity (Wildman–Crippen MR) is 413 cm³/mol. The van der Waals surface area contributed by atoms with Gasteiger partial charge in [0.1, 0.15) is 11.5 Å². The number of carbonyl (C=O) groups is 2. The van der Waals surface area contributed by atoms with Crippen LogP contribution in [-0.4, -0.2) is 80.3 Å². The van der Waals surface area contributed by atoms with Gasteiger partial charge in [0.2, 0.25) is 25.0 Å². The van der Waals surface area contributed by atoms with Crippen LogP contribution in [0.3, 0.4) is 0 Å². The van der Waals surface area contributed by atoms with Gasteiger partial charge in [0.25, 0.3) is 0 Å². The summed E-state index contributed by atoms with van der Waals surface area (Å²) in [4.78, 5) is 22.8. The van der Waals surface area contributed by atoms with Crippen molar-refractivity contribution in [3.8, 4) is 62.8 Å². The lowest BCUT2D eigenvalue weighted by atomic mass is 9.41. The van der Waals surface area contributed by atoms with Crippen LogP contribution in [0.1, 0.15) is 207 Å². The van der Waals surface area contributed by atoms with E-state index < -0.39 is 5.97 Å². The van der Waals surface area contributed by atoms with Crippen LogP contribution in [0, 0.1) is 111 Å². The first-order chi connectivity index (χ1) is 51.3. The van der Waals surface area contributed by atoms with Gasteiger partial charge in [-0.2, -0.15) is 9.13 Å². The smallest absolute Gasteiger partial charge is 0.231 e. The van der Waals surface area contributed by atoms with Crippen molar-refractivity contribution in [1.29, 1.82) is 0 Å². The van der Waals surface area contributed by atoms with Gasteiger partial charge >= 0.3 is 0 Å². The number of ether oxygens (including phenoxy) is 7. The van der Waals surface area contributed by atoms with E-state index in [1.165, 1.54) is 110 Å². The average molecular weight is 1460 g/mol. The number of aliphatic hydroxyl groups excluding tert-OH is 3. The van der Waals surface area contributed by atoms with E-state index in [1.807, 2.05) is 6.07 Å². The van der Waals surface area contributed by atoms with E-state index in [-0.39, 0.29) is 41.5 Å². The number of hydrogen-bond donors (Lipinski definition) is 3. The lowest BCUT2D eigenvalue weighted by molar-refractivity contribution is -0.686. The molecule has 2 aromatic heterocycles. The summed E-state index contributed by atoms with van der Waals surface area (Å²) >= 11 is 0. The van der Waals surface area contributed by atoms with E-state index >= 15 is 0 Å². The maximum Gasteiger partial charge on any atom is 0.231 e. The van der Waals surface area contributed by atoms with Crippen LogP contribution in [0.4, 0.5) is 0 Å². The summed E-state index contributed by atoms with van der Waals surface area (Å²) in [7, 11) is 5.08. The van der Waals surface area contributed by atoms with E-state index in [1.54, 1.807) is 28.3 Å². The van der Waals surface area contributed by atoms with Crippen LogP contribution >= 0.6 is 0 Å². The van der Waals surface area contributed by atoms with Gasteiger partial charge in [-0.05, 0) is 298 Å². The van der Waals surface area contributed by atoms with Crippen molar-refractivity contribution in [3.05, 3.63) is 89.7 Å². The second-order valence-corrected chi connectivity index (χ2v) is 36.7. The summed E-state index contributed by atoms with van der Waals surface area (Å²) in [6, 6.07) is 21.2. The molecule has 8 aliphatic carbocycles. The van der Waals surface area contributed by atoms with Crippen molar-refractivity contribution in [2.24, 2.45) is 105 Å². The Morgan fingerprint density at radius 3 is 1.67 bits per heavy atom. The number of aryl methyl sites for hydroxylation is 5. The molecule has 0 spiro atoms. The Labute approximate surface area is 636 Å². The number of methoxy groups -OCH3 is 3. The van der Waals surface area contributed by atoms with Crippen LogP contribution in [0.5, 0.6) is 40.2 Å². The van der Waals surface area contributed by atoms with E-state index in [9.17, 15) is 30.0 Å². The zero-order chi connectivity index (χ0) is 75.3. The van der Waals surface area contributed by atoms with Crippen LogP contribution in [-0.2, 0) is 35.5 Å². The molecule has 3 N–H and O–H groups in total. The molecule has 0 amide bonds. The van der Waals surface area contributed by atoms with Crippen LogP contribution in [0.15, 0.2) is 73.1 Å². The molecule has 6 aromatic rings. The summed E-state index contributed by atoms with van der Waals surface area (Å²) in [5.41, 5.74) is 10.0. The number of aromatic nitrogens is 2. The molecular weight excluding hydrogens is 1340 g/mol. The SMILES string of the molecule is CC(=O)[C@@H](C)C[C@@H](C)[C@H]1CCC2C3CC[C@@H]4C[C@H](O)CC[C@]4(C)C3CC[C@@]21C.CC[C@H]1[C@@H](O)C2C3CC[C@H]([C@H](C)CCC(=O)[O-])[C@@]3(C)CCC2[C@@]2(C)CC[C@@H](O)C[C@@H]12.COc1c(C)ccc2cc3[n+](cc12)CCc1cc2c(cc1-3)OCO2.COc1ccc2cc3[n+](cc2c1OC)CCc1cc2c(cc1-3)OCO2. The Morgan fingerprint density at radius 2 is 1.09 bits per heavy atom. The standard InChI is InChI=1S/C26H44O4.C26H44O2.C20H18NO4.C20H18NO3/c1-5-17-21-14-16(27)10-12-26(21,4)20-11-13-25(3)18(15(2)6-9-22(28)29)7-8-19(25)23(20)24(17)30;1-16(18(3)27)14-17(2)22-8-9-23-21-7-6-19-15-20(28)10-12-25(19,4)24(21)11-13-26(22,23)5;1-22-17-4-3-12-7-16-14-9-19-18(24-11-25-19)8-13(14)5-6-21(16)10-15(12)20(17)23-2;1-12-3-4-13-7-17-15-9-19-18(23-11-24-19)8-14(15)5-6-21(17)10-16(13)20(12)22-2/h15-21,23-24,27,30H,5-14H2,1-4H3,(H,28,29);16-17,19-24,28H,6-15H2,1-5H3;3-4,7-10H,5-6,11H2,1-2H3;3-4,7-10H,5-6,11H2,1-2H3/q;;2*+1/p-1/t15-,16-,17-,18-,19?,20?,21+,23?,24-,25-,26-;16-,17+,19+,20+,21?,22+,23?,24?,25-,26+;;/m10../s1. The number of aliphatic carboxylic acids is 1. The molecule has 21 atom stereocenters. The van der Waals surface area contributed by atoms with Gasteiger partial charge in [-0.3, -0.25) is 4.79 Å². The Kier molecular flexibility index (Phi) is 21.1. The molecule has 6 unspecified atom stereocenters. The maximum absolute atomic E-state index is 11.8. The molecule has 4 aliphatic heterocycles. The summed E-state index contributed by atoms with van der Waals surface area (Å²) in [6.45, 7) is 25.5. The minimum absolute atomic E-state index is 0.0385. The van der Waals surface area contributed by atoms with Gasteiger partial charge in [-0.25, -0.2) is 0 Å². The highest BCUT2D eigenvalue weighted by molar-refractivity contribution is 5.92. The third-order valence-corrected chi connectivity index (χ3v) is 31.8. The van der Waals surface area contributed by atoms with Crippen molar-refractivity contribution in [2.45, 2.75) is 242 Å². The summed E-state index contributed by atoms with van der Waals surface area (Å²) < 4.78 is 43.4. The second kappa shape index (κ2) is 29.9. The second-order valence-electron chi connectivity index (χ2n) is 36.7. The van der Waals surface area contributed by atoms with Gasteiger partial charge < -0.3 is 58.4 Å². The number of benzene rings is 4. The van der Waals surface area contributed by atoms with Gasteiger partial charge in [0.15, 0.2) is 60.0 Å². The fourth-order valence-electron chi connectivity index (χ4n) is 26.1. The molecule has 0 radical (unpaired) electrons. The molecular formula is C92H123N2O13+. The summed E-state index contributed by atoms with van der Waals surface area (Å²) in [5, 5.41) is 47.9. The minimum Gasteiger partial charge on any atom is -0.550 e. The molecule has 0 bridgehead atoms. The monoisotopic (exact) mass is 1460 g/mol. The van der Waals surface area contributed by atoms with Crippen molar-refractivity contribution in [2.75, 3.05) is 34.9 Å². The molecule has 6 heterocycles. The van der Waals surface area contributed by atoms with Crippen LogP contribution < -0.4 is 47.4 Å².